The molecule has 1 aromatic carbocycles. The first-order chi connectivity index (χ1) is 12.6. The molecule has 0 aromatic heterocycles. The van der Waals surface area contributed by atoms with Gasteiger partial charge in [0.2, 0.25) is 11.8 Å². The summed E-state index contributed by atoms with van der Waals surface area (Å²) in [6, 6.07) is 7.56. The molecule has 0 aliphatic carbocycles. The van der Waals surface area contributed by atoms with Crippen LogP contribution >= 0.6 is 15.9 Å². The molecule has 6 nitrogen and oxygen atoms in total. The van der Waals surface area contributed by atoms with Crippen molar-refractivity contribution in [3.05, 3.63) is 28.7 Å². The molecule has 2 rings (SSSR count). The number of nitrogens with one attached hydrogen (secondary N) is 2. The number of carbonyl (C=O) groups is 2. The van der Waals surface area contributed by atoms with Crippen molar-refractivity contribution in [1.82, 2.24) is 10.2 Å². The molecule has 7 heteroatoms. The predicted molar refractivity (Wildman–Crippen MR) is 106 cm³/mol. The Bertz CT molecular complexity index is 589. The molecule has 144 valence electrons. The molecule has 0 atom stereocenters. The smallest absolute Gasteiger partial charge is 0.238 e. The SMILES string of the molecule is CCOCCCNC(=O)C1CCN(CC(=O)Nc2ccccc2Br)CC1. The van der Waals surface area contributed by atoms with Crippen LogP contribution in [0.5, 0.6) is 0 Å². The van der Waals surface area contributed by atoms with E-state index in [0.717, 1.165) is 42.5 Å². The first kappa shape index (κ1) is 20.9. The maximum Gasteiger partial charge on any atom is 0.238 e. The number of halogens is 1. The van der Waals surface area contributed by atoms with E-state index in [2.05, 4.69) is 31.5 Å². The number of hydrogen-bond acceptors (Lipinski definition) is 4. The van der Waals surface area contributed by atoms with Crippen molar-refractivity contribution in [2.24, 2.45) is 5.92 Å². The Kier molecular flexibility index (Phi) is 9.08. The first-order valence-corrected chi connectivity index (χ1v) is 10.0. The molecular weight excluding hydrogens is 398 g/mol. The van der Waals surface area contributed by atoms with Gasteiger partial charge in [-0.2, -0.15) is 0 Å². The highest BCUT2D eigenvalue weighted by atomic mass is 79.9. The van der Waals surface area contributed by atoms with E-state index in [0.29, 0.717) is 26.3 Å². The number of benzene rings is 1. The Morgan fingerprint density at radius 3 is 2.69 bits per heavy atom. The van der Waals surface area contributed by atoms with Gasteiger partial charge < -0.3 is 15.4 Å². The second-order valence-electron chi connectivity index (χ2n) is 6.42. The quantitative estimate of drug-likeness (QED) is 0.596. The van der Waals surface area contributed by atoms with E-state index in [-0.39, 0.29) is 17.7 Å². The topological polar surface area (TPSA) is 70.7 Å². The van der Waals surface area contributed by atoms with Crippen molar-refractivity contribution >= 4 is 33.4 Å². The molecule has 0 spiro atoms. The minimum atomic E-state index is -0.0317. The number of rotatable bonds is 9. The Labute approximate surface area is 163 Å². The van der Waals surface area contributed by atoms with Gasteiger partial charge in [-0.3, -0.25) is 14.5 Å². The van der Waals surface area contributed by atoms with Crippen molar-refractivity contribution < 1.29 is 14.3 Å². The average molecular weight is 426 g/mol. The van der Waals surface area contributed by atoms with Gasteiger partial charge in [-0.25, -0.2) is 0 Å². The highest BCUT2D eigenvalue weighted by Gasteiger charge is 2.25. The number of hydrogen-bond donors (Lipinski definition) is 2. The van der Waals surface area contributed by atoms with E-state index >= 15 is 0 Å². The molecule has 26 heavy (non-hydrogen) atoms. The molecule has 1 heterocycles. The molecule has 2 N–H and O–H groups in total. The Morgan fingerprint density at radius 1 is 1.27 bits per heavy atom. The molecule has 0 saturated carbocycles. The van der Waals surface area contributed by atoms with Gasteiger partial charge in [-0.1, -0.05) is 12.1 Å². The van der Waals surface area contributed by atoms with Crippen molar-refractivity contribution in [3.63, 3.8) is 0 Å². The van der Waals surface area contributed by atoms with E-state index in [4.69, 9.17) is 4.74 Å². The first-order valence-electron chi connectivity index (χ1n) is 9.22. The van der Waals surface area contributed by atoms with Gasteiger partial charge in [0.25, 0.3) is 0 Å². The zero-order valence-electron chi connectivity index (χ0n) is 15.3. The van der Waals surface area contributed by atoms with Crippen molar-refractivity contribution in [2.75, 3.05) is 44.7 Å². The van der Waals surface area contributed by atoms with Crippen molar-refractivity contribution in [3.8, 4) is 0 Å². The number of carbonyl (C=O) groups excluding carboxylic acids is 2. The average Bonchev–Trinajstić information content (AvgIpc) is 2.64. The summed E-state index contributed by atoms with van der Waals surface area (Å²) >= 11 is 3.43. The normalized spacial score (nSPS) is 15.6. The van der Waals surface area contributed by atoms with Crippen LogP contribution in [0.2, 0.25) is 0 Å². The third-order valence-corrected chi connectivity index (χ3v) is 5.13. The molecule has 1 aromatic rings. The standard InChI is InChI=1S/C19H28BrN3O3/c1-2-26-13-5-10-21-19(25)15-8-11-23(12-9-15)14-18(24)22-17-7-4-3-6-16(17)20/h3-4,6-7,15H,2,5,8-14H2,1H3,(H,21,25)(H,22,24). The fourth-order valence-corrected chi connectivity index (χ4v) is 3.37. The van der Waals surface area contributed by atoms with Crippen LogP contribution in [0.1, 0.15) is 26.2 Å². The van der Waals surface area contributed by atoms with Gasteiger partial charge in [0, 0.05) is 30.1 Å². The Hall–Kier alpha value is -1.44. The number of likely N-dealkylation sites (tertiary alicyclic amines) is 1. The number of ether oxygens (including phenoxy) is 1. The molecule has 1 saturated heterocycles. The number of anilines is 1. The second-order valence-corrected chi connectivity index (χ2v) is 7.27. The van der Waals surface area contributed by atoms with E-state index in [9.17, 15) is 9.59 Å². The summed E-state index contributed by atoms with van der Waals surface area (Å²) in [7, 11) is 0. The molecular formula is C19H28BrN3O3. The van der Waals surface area contributed by atoms with Gasteiger partial charge in [-0.05, 0) is 67.3 Å². The van der Waals surface area contributed by atoms with Crippen LogP contribution in [-0.4, -0.2) is 56.1 Å². The third kappa shape index (κ3) is 7.05. The minimum Gasteiger partial charge on any atom is -0.382 e. The zero-order chi connectivity index (χ0) is 18.8. The lowest BCUT2D eigenvalue weighted by Crippen LogP contribution is -2.43. The molecule has 1 aliphatic rings. The zero-order valence-corrected chi connectivity index (χ0v) is 16.9. The Balaban J connectivity index is 1.65. The summed E-state index contributed by atoms with van der Waals surface area (Å²) in [6.45, 7) is 5.90. The number of para-hydroxylation sites is 1. The van der Waals surface area contributed by atoms with Crippen LogP contribution in [-0.2, 0) is 14.3 Å². The summed E-state index contributed by atoms with van der Waals surface area (Å²) in [5.74, 6) is 0.138. The van der Waals surface area contributed by atoms with Crippen LogP contribution in [0.25, 0.3) is 0 Å². The molecule has 1 aliphatic heterocycles. The lowest BCUT2D eigenvalue weighted by molar-refractivity contribution is -0.126. The van der Waals surface area contributed by atoms with Crippen LogP contribution < -0.4 is 10.6 Å². The van der Waals surface area contributed by atoms with Crippen LogP contribution in [0.4, 0.5) is 5.69 Å². The lowest BCUT2D eigenvalue weighted by atomic mass is 9.96. The fraction of sp³-hybridized carbons (Fsp3) is 0.579. The van der Waals surface area contributed by atoms with Crippen LogP contribution in [0.15, 0.2) is 28.7 Å². The molecule has 0 unspecified atom stereocenters. The highest BCUT2D eigenvalue weighted by Crippen LogP contribution is 2.21. The maximum atomic E-state index is 12.2. The minimum absolute atomic E-state index is 0.0317. The molecule has 2 amide bonds. The van der Waals surface area contributed by atoms with Crippen LogP contribution in [0.3, 0.4) is 0 Å². The summed E-state index contributed by atoms with van der Waals surface area (Å²) in [6.07, 6.45) is 2.42. The molecule has 1 fully saturated rings. The Morgan fingerprint density at radius 2 is 2.00 bits per heavy atom. The summed E-state index contributed by atoms with van der Waals surface area (Å²) in [5.41, 5.74) is 0.777. The van der Waals surface area contributed by atoms with Gasteiger partial charge in [0.05, 0.1) is 12.2 Å². The van der Waals surface area contributed by atoms with Gasteiger partial charge in [0.15, 0.2) is 0 Å². The third-order valence-electron chi connectivity index (χ3n) is 4.44. The van der Waals surface area contributed by atoms with Crippen LogP contribution in [0, 0.1) is 5.92 Å². The fourth-order valence-electron chi connectivity index (χ4n) is 2.98. The number of amides is 2. The summed E-state index contributed by atoms with van der Waals surface area (Å²) in [5, 5.41) is 5.90. The summed E-state index contributed by atoms with van der Waals surface area (Å²) in [4.78, 5) is 26.5. The number of piperidine rings is 1. The van der Waals surface area contributed by atoms with Gasteiger partial charge in [-0.15, -0.1) is 0 Å². The maximum absolute atomic E-state index is 12.2. The van der Waals surface area contributed by atoms with Crippen molar-refractivity contribution in [2.45, 2.75) is 26.2 Å². The predicted octanol–water partition coefficient (Wildman–Crippen LogP) is 2.64. The van der Waals surface area contributed by atoms with Gasteiger partial charge >= 0.3 is 0 Å². The van der Waals surface area contributed by atoms with E-state index < -0.39 is 0 Å². The largest absolute Gasteiger partial charge is 0.382 e. The lowest BCUT2D eigenvalue weighted by Gasteiger charge is -2.30. The van der Waals surface area contributed by atoms with Gasteiger partial charge in [0.1, 0.15) is 0 Å². The van der Waals surface area contributed by atoms with E-state index in [1.807, 2.05) is 31.2 Å². The molecule has 0 radical (unpaired) electrons. The monoisotopic (exact) mass is 425 g/mol. The summed E-state index contributed by atoms with van der Waals surface area (Å²) < 4.78 is 6.13. The molecule has 0 bridgehead atoms. The van der Waals surface area contributed by atoms with E-state index in [1.54, 1.807) is 0 Å². The second kappa shape index (κ2) is 11.3. The highest BCUT2D eigenvalue weighted by molar-refractivity contribution is 9.10. The van der Waals surface area contributed by atoms with E-state index in [1.165, 1.54) is 0 Å². The number of nitrogens with zero attached hydrogens (tertiary/aromatic N) is 1. The van der Waals surface area contributed by atoms with Crippen molar-refractivity contribution in [1.29, 1.82) is 0 Å².